The van der Waals surface area contributed by atoms with Crippen LogP contribution in [0.15, 0.2) is 12.3 Å². The van der Waals surface area contributed by atoms with Gasteiger partial charge in [-0.15, -0.1) is 0 Å². The van der Waals surface area contributed by atoms with E-state index in [0.29, 0.717) is 18.1 Å². The molecule has 2 atom stereocenters. The molecular formula is C11H18N4O. The Hall–Kier alpha value is -1.36. The average Bonchev–Trinajstić information content (AvgIpc) is 2.77. The van der Waals surface area contributed by atoms with Crippen LogP contribution >= 0.6 is 0 Å². The summed E-state index contributed by atoms with van der Waals surface area (Å²) in [4.78, 5) is 8.41. The van der Waals surface area contributed by atoms with Gasteiger partial charge in [-0.1, -0.05) is 0 Å². The van der Waals surface area contributed by atoms with Gasteiger partial charge in [-0.2, -0.15) is 4.98 Å². The van der Waals surface area contributed by atoms with Gasteiger partial charge < -0.3 is 15.4 Å². The van der Waals surface area contributed by atoms with Crippen LogP contribution in [0, 0.1) is 0 Å². The van der Waals surface area contributed by atoms with Crippen molar-refractivity contribution in [1.82, 2.24) is 9.97 Å². The van der Waals surface area contributed by atoms with Crippen LogP contribution in [0.3, 0.4) is 0 Å². The molecule has 0 saturated heterocycles. The van der Waals surface area contributed by atoms with Crippen LogP contribution in [0.5, 0.6) is 0 Å². The summed E-state index contributed by atoms with van der Waals surface area (Å²) in [6.07, 6.45) is 5.46. The van der Waals surface area contributed by atoms with Gasteiger partial charge in [-0.25, -0.2) is 4.98 Å². The Balaban J connectivity index is 1.94. The number of aromatic nitrogens is 2. The van der Waals surface area contributed by atoms with Gasteiger partial charge in [0.15, 0.2) is 0 Å². The normalized spacial score (nSPS) is 24.4. The second-order valence-corrected chi connectivity index (χ2v) is 4.03. The first-order valence-electron chi connectivity index (χ1n) is 5.62. The predicted molar refractivity (Wildman–Crippen MR) is 63.6 cm³/mol. The summed E-state index contributed by atoms with van der Waals surface area (Å²) >= 11 is 0. The molecule has 16 heavy (non-hydrogen) atoms. The Kier molecular flexibility index (Phi) is 3.56. The second-order valence-electron chi connectivity index (χ2n) is 4.03. The van der Waals surface area contributed by atoms with E-state index in [1.54, 1.807) is 13.3 Å². The highest BCUT2D eigenvalue weighted by atomic mass is 16.5. The van der Waals surface area contributed by atoms with Crippen molar-refractivity contribution in [2.45, 2.75) is 31.4 Å². The zero-order valence-electron chi connectivity index (χ0n) is 9.73. The summed E-state index contributed by atoms with van der Waals surface area (Å²) in [6, 6.07) is 2.35. The van der Waals surface area contributed by atoms with Gasteiger partial charge in [0.2, 0.25) is 5.95 Å². The molecule has 0 amide bonds. The Labute approximate surface area is 95.6 Å². The highest BCUT2D eigenvalue weighted by Crippen LogP contribution is 2.24. The molecule has 0 aliphatic heterocycles. The molecule has 2 N–H and O–H groups in total. The van der Waals surface area contributed by atoms with E-state index in [1.165, 1.54) is 0 Å². The lowest BCUT2D eigenvalue weighted by atomic mass is 10.2. The monoisotopic (exact) mass is 222 g/mol. The van der Waals surface area contributed by atoms with Crippen LogP contribution in [0.1, 0.15) is 19.3 Å². The van der Waals surface area contributed by atoms with E-state index in [4.69, 9.17) is 4.74 Å². The maximum atomic E-state index is 5.34. The molecule has 0 radical (unpaired) electrons. The number of rotatable bonds is 4. The van der Waals surface area contributed by atoms with Gasteiger partial charge in [0.05, 0.1) is 6.10 Å². The van der Waals surface area contributed by atoms with Gasteiger partial charge in [0, 0.05) is 26.4 Å². The number of anilines is 2. The summed E-state index contributed by atoms with van der Waals surface area (Å²) in [6.45, 7) is 0. The third kappa shape index (κ3) is 2.61. The van der Waals surface area contributed by atoms with Gasteiger partial charge in [0.1, 0.15) is 5.82 Å². The molecule has 0 spiro atoms. The molecule has 1 fully saturated rings. The van der Waals surface area contributed by atoms with Crippen molar-refractivity contribution < 1.29 is 4.74 Å². The lowest BCUT2D eigenvalue weighted by molar-refractivity contribution is 0.108. The minimum atomic E-state index is 0.392. The molecule has 2 rings (SSSR count). The number of methoxy groups -OCH3 is 1. The van der Waals surface area contributed by atoms with Crippen molar-refractivity contribution in [3.05, 3.63) is 12.3 Å². The number of hydrogen-bond donors (Lipinski definition) is 2. The van der Waals surface area contributed by atoms with Gasteiger partial charge in [-0.05, 0) is 25.3 Å². The fourth-order valence-electron chi connectivity index (χ4n) is 2.05. The third-order valence-corrected chi connectivity index (χ3v) is 2.95. The summed E-state index contributed by atoms with van der Waals surface area (Å²) in [5, 5.41) is 6.33. The van der Waals surface area contributed by atoms with E-state index in [2.05, 4.69) is 20.6 Å². The standard InChI is InChI=1S/C11H18N4O/c1-12-11-13-6-5-10(15-11)14-8-3-4-9(7-8)16-2/h5-6,8-9H,3-4,7H2,1-2H3,(H2,12,13,14,15). The van der Waals surface area contributed by atoms with Gasteiger partial charge in [-0.3, -0.25) is 0 Å². The minimum Gasteiger partial charge on any atom is -0.381 e. The maximum absolute atomic E-state index is 5.34. The zero-order chi connectivity index (χ0) is 11.4. The molecule has 1 heterocycles. The van der Waals surface area contributed by atoms with Crippen LogP contribution in [-0.4, -0.2) is 36.3 Å². The van der Waals surface area contributed by atoms with Crippen molar-refractivity contribution in [1.29, 1.82) is 0 Å². The number of nitrogens with one attached hydrogen (secondary N) is 2. The fourth-order valence-corrected chi connectivity index (χ4v) is 2.05. The second kappa shape index (κ2) is 5.12. The molecule has 2 unspecified atom stereocenters. The summed E-state index contributed by atoms with van der Waals surface area (Å²) in [5.41, 5.74) is 0. The first-order valence-corrected chi connectivity index (χ1v) is 5.62. The topological polar surface area (TPSA) is 59.1 Å². The Morgan fingerprint density at radius 2 is 2.31 bits per heavy atom. The van der Waals surface area contributed by atoms with Crippen LogP contribution < -0.4 is 10.6 Å². The number of ether oxygens (including phenoxy) is 1. The molecule has 1 aliphatic rings. The van der Waals surface area contributed by atoms with Gasteiger partial charge in [0.25, 0.3) is 0 Å². The molecule has 0 aromatic carbocycles. The number of nitrogens with zero attached hydrogens (tertiary/aromatic N) is 2. The highest BCUT2D eigenvalue weighted by molar-refractivity contribution is 5.40. The number of hydrogen-bond acceptors (Lipinski definition) is 5. The van der Waals surface area contributed by atoms with Crippen molar-refractivity contribution >= 4 is 11.8 Å². The highest BCUT2D eigenvalue weighted by Gasteiger charge is 2.24. The minimum absolute atomic E-state index is 0.392. The molecule has 1 aromatic heterocycles. The van der Waals surface area contributed by atoms with Crippen LogP contribution in [0.4, 0.5) is 11.8 Å². The Morgan fingerprint density at radius 1 is 1.44 bits per heavy atom. The Bertz CT molecular complexity index is 345. The molecule has 88 valence electrons. The van der Waals surface area contributed by atoms with E-state index >= 15 is 0 Å². The SMILES string of the molecule is CNc1nccc(NC2CCC(OC)C2)n1. The Morgan fingerprint density at radius 3 is 3.00 bits per heavy atom. The fraction of sp³-hybridized carbons (Fsp3) is 0.636. The van der Waals surface area contributed by atoms with E-state index in [-0.39, 0.29) is 0 Å². The van der Waals surface area contributed by atoms with Crippen molar-refractivity contribution in [2.24, 2.45) is 0 Å². The first kappa shape index (κ1) is 11.1. The van der Waals surface area contributed by atoms with E-state index in [1.807, 2.05) is 13.1 Å². The molecule has 1 aromatic rings. The van der Waals surface area contributed by atoms with Crippen molar-refractivity contribution in [2.75, 3.05) is 24.8 Å². The molecule has 1 saturated carbocycles. The predicted octanol–water partition coefficient (Wildman–Crippen LogP) is 1.50. The van der Waals surface area contributed by atoms with E-state index in [0.717, 1.165) is 25.1 Å². The van der Waals surface area contributed by atoms with Crippen LogP contribution in [0.25, 0.3) is 0 Å². The molecule has 1 aliphatic carbocycles. The average molecular weight is 222 g/mol. The molecule has 0 bridgehead atoms. The van der Waals surface area contributed by atoms with Crippen molar-refractivity contribution in [3.8, 4) is 0 Å². The largest absolute Gasteiger partial charge is 0.381 e. The maximum Gasteiger partial charge on any atom is 0.224 e. The molecule has 5 nitrogen and oxygen atoms in total. The zero-order valence-corrected chi connectivity index (χ0v) is 9.73. The molecule has 5 heteroatoms. The molecular weight excluding hydrogens is 204 g/mol. The summed E-state index contributed by atoms with van der Waals surface area (Å²) in [7, 11) is 3.59. The summed E-state index contributed by atoms with van der Waals surface area (Å²) < 4.78 is 5.34. The summed E-state index contributed by atoms with van der Waals surface area (Å²) in [5.74, 6) is 1.52. The van der Waals surface area contributed by atoms with Crippen molar-refractivity contribution in [3.63, 3.8) is 0 Å². The third-order valence-electron chi connectivity index (χ3n) is 2.95. The van der Waals surface area contributed by atoms with Gasteiger partial charge >= 0.3 is 0 Å². The van der Waals surface area contributed by atoms with E-state index in [9.17, 15) is 0 Å². The lowest BCUT2D eigenvalue weighted by Gasteiger charge is -2.13. The van der Waals surface area contributed by atoms with Crippen LogP contribution in [-0.2, 0) is 4.74 Å². The lowest BCUT2D eigenvalue weighted by Crippen LogP contribution is -2.18. The first-order chi connectivity index (χ1) is 7.81. The van der Waals surface area contributed by atoms with Crippen LogP contribution in [0.2, 0.25) is 0 Å². The quantitative estimate of drug-likeness (QED) is 0.808. The smallest absolute Gasteiger partial charge is 0.224 e. The van der Waals surface area contributed by atoms with E-state index < -0.39 is 0 Å².